The van der Waals surface area contributed by atoms with Gasteiger partial charge in [0.1, 0.15) is 0 Å². The lowest BCUT2D eigenvalue weighted by molar-refractivity contribution is 0.378. The quantitative estimate of drug-likeness (QED) is 0.851. The van der Waals surface area contributed by atoms with E-state index in [9.17, 15) is 0 Å². The standard InChI is InChI=1S/C12H19N3O/c1-12(2)6-4-9(8-12)14-11-13-7-5-10(15-11)16-3/h5,7,9H,4,6,8H2,1-3H3,(H,13,14,15). The summed E-state index contributed by atoms with van der Waals surface area (Å²) in [6.45, 7) is 4.61. The van der Waals surface area contributed by atoms with Gasteiger partial charge in [-0.15, -0.1) is 0 Å². The molecule has 0 aliphatic heterocycles. The normalized spacial score (nSPS) is 23.1. The maximum absolute atomic E-state index is 5.07. The number of aromatic nitrogens is 2. The summed E-state index contributed by atoms with van der Waals surface area (Å²) in [4.78, 5) is 8.45. The lowest BCUT2D eigenvalue weighted by atomic mass is 9.92. The number of hydrogen-bond acceptors (Lipinski definition) is 4. The van der Waals surface area contributed by atoms with E-state index in [2.05, 4.69) is 29.1 Å². The molecule has 4 nitrogen and oxygen atoms in total. The average molecular weight is 221 g/mol. The Morgan fingerprint density at radius 1 is 1.50 bits per heavy atom. The summed E-state index contributed by atoms with van der Waals surface area (Å²) in [5, 5.41) is 3.37. The van der Waals surface area contributed by atoms with Crippen molar-refractivity contribution >= 4 is 5.95 Å². The fraction of sp³-hybridized carbons (Fsp3) is 0.667. The van der Waals surface area contributed by atoms with E-state index in [-0.39, 0.29) is 0 Å². The first-order chi connectivity index (χ1) is 7.59. The van der Waals surface area contributed by atoms with Crippen molar-refractivity contribution in [3.05, 3.63) is 12.3 Å². The van der Waals surface area contributed by atoms with Crippen LogP contribution in [0.1, 0.15) is 33.1 Å². The van der Waals surface area contributed by atoms with Gasteiger partial charge in [0.15, 0.2) is 0 Å². The van der Waals surface area contributed by atoms with Crippen molar-refractivity contribution in [1.82, 2.24) is 9.97 Å². The molecule has 0 saturated heterocycles. The minimum Gasteiger partial charge on any atom is -0.481 e. The number of rotatable bonds is 3. The van der Waals surface area contributed by atoms with Crippen molar-refractivity contribution in [1.29, 1.82) is 0 Å². The fourth-order valence-corrected chi connectivity index (χ4v) is 2.27. The molecule has 1 aromatic heterocycles. The van der Waals surface area contributed by atoms with Crippen molar-refractivity contribution in [2.75, 3.05) is 12.4 Å². The highest BCUT2D eigenvalue weighted by Gasteiger charge is 2.31. The number of ether oxygens (including phenoxy) is 1. The van der Waals surface area contributed by atoms with Gasteiger partial charge in [0.25, 0.3) is 0 Å². The van der Waals surface area contributed by atoms with Gasteiger partial charge in [0, 0.05) is 18.3 Å². The summed E-state index contributed by atoms with van der Waals surface area (Å²) >= 11 is 0. The molecule has 1 heterocycles. The molecule has 1 fully saturated rings. The highest BCUT2D eigenvalue weighted by atomic mass is 16.5. The first-order valence-electron chi connectivity index (χ1n) is 5.73. The maximum atomic E-state index is 5.07. The molecule has 1 aliphatic rings. The number of nitrogens with one attached hydrogen (secondary N) is 1. The molecule has 1 atom stereocenters. The molecule has 0 amide bonds. The summed E-state index contributed by atoms with van der Waals surface area (Å²) < 4.78 is 5.07. The smallest absolute Gasteiger partial charge is 0.226 e. The van der Waals surface area contributed by atoms with Gasteiger partial charge in [0.2, 0.25) is 11.8 Å². The van der Waals surface area contributed by atoms with Crippen LogP contribution in [0.5, 0.6) is 5.88 Å². The van der Waals surface area contributed by atoms with E-state index in [0.717, 1.165) is 0 Å². The van der Waals surface area contributed by atoms with Crippen molar-refractivity contribution in [3.8, 4) is 5.88 Å². The van der Waals surface area contributed by atoms with Gasteiger partial charge in [-0.1, -0.05) is 13.8 Å². The molecule has 2 rings (SSSR count). The Balaban J connectivity index is 1.99. The molecule has 1 unspecified atom stereocenters. The van der Waals surface area contributed by atoms with Crippen LogP contribution in [0.3, 0.4) is 0 Å². The van der Waals surface area contributed by atoms with Gasteiger partial charge >= 0.3 is 0 Å². The zero-order chi connectivity index (χ0) is 11.6. The van der Waals surface area contributed by atoms with Crippen LogP contribution >= 0.6 is 0 Å². The van der Waals surface area contributed by atoms with Crippen LogP contribution in [-0.4, -0.2) is 23.1 Å². The van der Waals surface area contributed by atoms with E-state index in [1.165, 1.54) is 19.3 Å². The van der Waals surface area contributed by atoms with E-state index >= 15 is 0 Å². The van der Waals surface area contributed by atoms with E-state index in [1.54, 1.807) is 19.4 Å². The van der Waals surface area contributed by atoms with Crippen LogP contribution in [0.15, 0.2) is 12.3 Å². The van der Waals surface area contributed by atoms with Crippen molar-refractivity contribution in [2.24, 2.45) is 5.41 Å². The molecule has 0 aromatic carbocycles. The summed E-state index contributed by atoms with van der Waals surface area (Å²) in [6.07, 6.45) is 5.34. The van der Waals surface area contributed by atoms with E-state index < -0.39 is 0 Å². The molecule has 0 radical (unpaired) electrons. The fourth-order valence-electron chi connectivity index (χ4n) is 2.27. The van der Waals surface area contributed by atoms with Gasteiger partial charge in [-0.3, -0.25) is 0 Å². The third-order valence-electron chi connectivity index (χ3n) is 3.14. The third kappa shape index (κ3) is 2.62. The number of anilines is 1. The molecule has 1 aromatic rings. The SMILES string of the molecule is COc1ccnc(NC2CCC(C)(C)C2)n1. The predicted octanol–water partition coefficient (Wildman–Crippen LogP) is 2.48. The molecular weight excluding hydrogens is 202 g/mol. The minimum atomic E-state index is 0.441. The van der Waals surface area contributed by atoms with Crippen LogP contribution < -0.4 is 10.1 Å². The van der Waals surface area contributed by atoms with Crippen molar-refractivity contribution in [2.45, 2.75) is 39.2 Å². The molecule has 1 saturated carbocycles. The van der Waals surface area contributed by atoms with Crippen LogP contribution in [0.4, 0.5) is 5.95 Å². The predicted molar refractivity (Wildman–Crippen MR) is 63.6 cm³/mol. The third-order valence-corrected chi connectivity index (χ3v) is 3.14. The van der Waals surface area contributed by atoms with Crippen LogP contribution in [0.25, 0.3) is 0 Å². The van der Waals surface area contributed by atoms with Gasteiger partial charge in [0.05, 0.1) is 7.11 Å². The molecule has 88 valence electrons. The second kappa shape index (κ2) is 4.28. The Labute approximate surface area is 96.4 Å². The second-order valence-corrected chi connectivity index (χ2v) is 5.17. The molecule has 1 aliphatic carbocycles. The number of hydrogen-bond donors (Lipinski definition) is 1. The lowest BCUT2D eigenvalue weighted by Gasteiger charge is -2.17. The summed E-state index contributed by atoms with van der Waals surface area (Å²) in [6, 6.07) is 2.24. The molecule has 0 bridgehead atoms. The number of nitrogens with zero attached hydrogens (tertiary/aromatic N) is 2. The molecule has 1 N–H and O–H groups in total. The van der Waals surface area contributed by atoms with Gasteiger partial charge in [-0.25, -0.2) is 4.98 Å². The zero-order valence-corrected chi connectivity index (χ0v) is 10.2. The van der Waals surface area contributed by atoms with E-state index in [4.69, 9.17) is 4.74 Å². The first kappa shape index (κ1) is 11.2. The first-order valence-corrected chi connectivity index (χ1v) is 5.73. The molecule has 16 heavy (non-hydrogen) atoms. The summed E-state index contributed by atoms with van der Waals surface area (Å²) in [5.41, 5.74) is 0.441. The van der Waals surface area contributed by atoms with Gasteiger partial charge in [-0.05, 0) is 24.7 Å². The van der Waals surface area contributed by atoms with Crippen LogP contribution in [0.2, 0.25) is 0 Å². The Morgan fingerprint density at radius 2 is 2.31 bits per heavy atom. The molecule has 0 spiro atoms. The molecular formula is C12H19N3O. The largest absolute Gasteiger partial charge is 0.481 e. The van der Waals surface area contributed by atoms with E-state index in [1.807, 2.05) is 0 Å². The zero-order valence-electron chi connectivity index (χ0n) is 10.2. The average Bonchev–Trinajstić information content (AvgIpc) is 2.58. The Bertz CT molecular complexity index is 365. The summed E-state index contributed by atoms with van der Waals surface area (Å²) in [5.74, 6) is 1.27. The second-order valence-electron chi connectivity index (χ2n) is 5.17. The van der Waals surface area contributed by atoms with Crippen LogP contribution in [0, 0.1) is 5.41 Å². The van der Waals surface area contributed by atoms with Crippen LogP contribution in [-0.2, 0) is 0 Å². The van der Waals surface area contributed by atoms with Gasteiger partial charge in [-0.2, -0.15) is 4.98 Å². The van der Waals surface area contributed by atoms with Gasteiger partial charge < -0.3 is 10.1 Å². The van der Waals surface area contributed by atoms with E-state index in [0.29, 0.717) is 23.3 Å². The Morgan fingerprint density at radius 3 is 2.94 bits per heavy atom. The lowest BCUT2D eigenvalue weighted by Crippen LogP contribution is -2.19. The highest BCUT2D eigenvalue weighted by Crippen LogP contribution is 2.37. The van der Waals surface area contributed by atoms with Crippen molar-refractivity contribution < 1.29 is 4.74 Å². The monoisotopic (exact) mass is 221 g/mol. The Hall–Kier alpha value is -1.32. The summed E-state index contributed by atoms with van der Waals surface area (Å²) in [7, 11) is 1.62. The maximum Gasteiger partial charge on any atom is 0.226 e. The topological polar surface area (TPSA) is 47.0 Å². The Kier molecular flexibility index (Phi) is 2.99. The van der Waals surface area contributed by atoms with Crippen molar-refractivity contribution in [3.63, 3.8) is 0 Å². The molecule has 4 heteroatoms. The number of methoxy groups -OCH3 is 1. The minimum absolute atomic E-state index is 0.441. The highest BCUT2D eigenvalue weighted by molar-refractivity contribution is 5.29.